The van der Waals surface area contributed by atoms with E-state index in [0.29, 0.717) is 6.42 Å². The Labute approximate surface area is 131 Å². The van der Waals surface area contributed by atoms with E-state index >= 15 is 0 Å². The molecule has 0 aromatic rings. The number of carbonyl (C=O) groups is 3. The zero-order chi connectivity index (χ0) is 16.7. The number of aliphatic carboxylic acids is 1. The Morgan fingerprint density at radius 1 is 1.09 bits per heavy atom. The predicted octanol–water partition coefficient (Wildman–Crippen LogP) is 2.54. The van der Waals surface area contributed by atoms with Gasteiger partial charge in [-0.2, -0.15) is 0 Å². The molecule has 1 saturated carbocycles. The normalized spacial score (nSPS) is 18.5. The van der Waals surface area contributed by atoms with Crippen LogP contribution in [0.1, 0.15) is 59.3 Å². The van der Waals surface area contributed by atoms with E-state index in [4.69, 9.17) is 9.47 Å². The highest BCUT2D eigenvalue weighted by atomic mass is 16.6. The lowest BCUT2D eigenvalue weighted by Gasteiger charge is -2.28. The van der Waals surface area contributed by atoms with Crippen LogP contribution in [0.2, 0.25) is 0 Å². The molecule has 1 aliphatic carbocycles. The van der Waals surface area contributed by atoms with Crippen LogP contribution in [0.5, 0.6) is 0 Å². The lowest BCUT2D eigenvalue weighted by molar-refractivity contribution is -0.178. The van der Waals surface area contributed by atoms with Gasteiger partial charge in [0.25, 0.3) is 0 Å². The fourth-order valence-corrected chi connectivity index (χ4v) is 2.91. The summed E-state index contributed by atoms with van der Waals surface area (Å²) in [6.07, 6.45) is 3.79. The number of ether oxygens (including phenoxy) is 2. The van der Waals surface area contributed by atoms with Gasteiger partial charge in [0.05, 0.1) is 6.10 Å². The second-order valence-corrected chi connectivity index (χ2v) is 6.20. The number of carboxylic acid groups (broad SMARTS) is 1. The molecule has 0 heterocycles. The van der Waals surface area contributed by atoms with E-state index in [1.807, 2.05) is 0 Å². The summed E-state index contributed by atoms with van der Waals surface area (Å²) in [5.74, 6) is -3.40. The molecule has 6 heteroatoms. The van der Waals surface area contributed by atoms with Crippen LogP contribution in [-0.2, 0) is 23.9 Å². The average Bonchev–Trinajstić information content (AvgIpc) is 2.42. The number of carboxylic acids is 1. The zero-order valence-corrected chi connectivity index (χ0v) is 13.5. The maximum atomic E-state index is 12.1. The minimum Gasteiger partial charge on any atom is -0.481 e. The van der Waals surface area contributed by atoms with E-state index < -0.39 is 36.0 Å². The van der Waals surface area contributed by atoms with Gasteiger partial charge in [0.1, 0.15) is 5.92 Å². The fourth-order valence-electron chi connectivity index (χ4n) is 2.91. The van der Waals surface area contributed by atoms with Gasteiger partial charge in [-0.05, 0) is 26.2 Å². The topological polar surface area (TPSA) is 89.9 Å². The molecule has 6 nitrogen and oxygen atoms in total. The summed E-state index contributed by atoms with van der Waals surface area (Å²) >= 11 is 0. The summed E-state index contributed by atoms with van der Waals surface area (Å²) in [4.78, 5) is 34.9. The zero-order valence-electron chi connectivity index (χ0n) is 13.5. The molecule has 1 fully saturated rings. The molecule has 0 radical (unpaired) electrons. The number of esters is 2. The highest BCUT2D eigenvalue weighted by molar-refractivity contribution is 5.85. The molecule has 0 aliphatic heterocycles. The Hall–Kier alpha value is -1.59. The van der Waals surface area contributed by atoms with Gasteiger partial charge in [0.2, 0.25) is 6.10 Å². The van der Waals surface area contributed by atoms with Gasteiger partial charge in [-0.3, -0.25) is 9.59 Å². The highest BCUT2D eigenvalue weighted by Gasteiger charge is 2.39. The average molecular weight is 314 g/mol. The SMILES string of the molecule is CC(=O)O[C@@H](C(=O)OC(C)C)[C@H](CC1CCCCC1)C(=O)O. The summed E-state index contributed by atoms with van der Waals surface area (Å²) in [5.41, 5.74) is 0. The van der Waals surface area contributed by atoms with Crippen LogP contribution in [0.15, 0.2) is 0 Å². The third-order valence-electron chi connectivity index (χ3n) is 3.87. The lowest BCUT2D eigenvalue weighted by Crippen LogP contribution is -2.41. The Kier molecular flexibility index (Phi) is 7.35. The molecule has 0 aromatic heterocycles. The second kappa shape index (κ2) is 8.76. The molecule has 1 rings (SSSR count). The summed E-state index contributed by atoms with van der Waals surface area (Å²) in [5, 5.41) is 9.47. The summed E-state index contributed by atoms with van der Waals surface area (Å²) < 4.78 is 10.0. The van der Waals surface area contributed by atoms with Crippen LogP contribution in [0.4, 0.5) is 0 Å². The minimum absolute atomic E-state index is 0.250. The van der Waals surface area contributed by atoms with Gasteiger partial charge < -0.3 is 14.6 Å². The minimum atomic E-state index is -1.38. The van der Waals surface area contributed by atoms with Crippen molar-refractivity contribution < 1.29 is 29.0 Å². The standard InChI is InChI=1S/C16H26O6/c1-10(2)21-16(20)14(22-11(3)17)13(15(18)19)9-12-7-5-4-6-8-12/h10,12-14H,4-9H2,1-3H3,(H,18,19)/t13-,14+/m0/s1. The van der Waals surface area contributed by atoms with Gasteiger partial charge in [-0.1, -0.05) is 32.1 Å². The molecule has 0 unspecified atom stereocenters. The summed E-state index contributed by atoms with van der Waals surface area (Å²) in [6.45, 7) is 4.49. The first-order valence-electron chi connectivity index (χ1n) is 7.91. The largest absolute Gasteiger partial charge is 0.481 e. The van der Waals surface area contributed by atoms with Crippen molar-refractivity contribution in [3.63, 3.8) is 0 Å². The third-order valence-corrected chi connectivity index (χ3v) is 3.87. The monoisotopic (exact) mass is 314 g/mol. The molecule has 0 aromatic carbocycles. The first-order valence-corrected chi connectivity index (χ1v) is 7.91. The fraction of sp³-hybridized carbons (Fsp3) is 0.812. The van der Waals surface area contributed by atoms with Crippen molar-refractivity contribution in [2.45, 2.75) is 71.5 Å². The first-order chi connectivity index (χ1) is 10.3. The number of carbonyl (C=O) groups excluding carboxylic acids is 2. The van der Waals surface area contributed by atoms with Gasteiger partial charge in [0, 0.05) is 6.92 Å². The Morgan fingerprint density at radius 2 is 1.68 bits per heavy atom. The van der Waals surface area contributed by atoms with E-state index in [0.717, 1.165) is 39.0 Å². The molecule has 0 saturated heterocycles. The first kappa shape index (κ1) is 18.5. The van der Waals surface area contributed by atoms with Crippen molar-refractivity contribution in [3.8, 4) is 0 Å². The molecule has 22 heavy (non-hydrogen) atoms. The van der Waals surface area contributed by atoms with Crippen molar-refractivity contribution in [2.75, 3.05) is 0 Å². The summed E-state index contributed by atoms with van der Waals surface area (Å²) in [6, 6.07) is 0. The van der Waals surface area contributed by atoms with Crippen LogP contribution < -0.4 is 0 Å². The van der Waals surface area contributed by atoms with Gasteiger partial charge in [0.15, 0.2) is 0 Å². The van der Waals surface area contributed by atoms with Gasteiger partial charge in [-0.15, -0.1) is 0 Å². The molecule has 0 spiro atoms. The van der Waals surface area contributed by atoms with E-state index in [-0.39, 0.29) is 5.92 Å². The van der Waals surface area contributed by atoms with Crippen LogP contribution in [0.25, 0.3) is 0 Å². The molecule has 1 aliphatic rings. The molecule has 0 bridgehead atoms. The molecule has 126 valence electrons. The van der Waals surface area contributed by atoms with Crippen molar-refractivity contribution in [3.05, 3.63) is 0 Å². The third kappa shape index (κ3) is 6.03. The predicted molar refractivity (Wildman–Crippen MR) is 79.1 cm³/mol. The van der Waals surface area contributed by atoms with E-state index in [1.54, 1.807) is 13.8 Å². The Balaban J connectivity index is 2.85. The van der Waals surface area contributed by atoms with E-state index in [1.165, 1.54) is 0 Å². The summed E-state index contributed by atoms with van der Waals surface area (Å²) in [7, 11) is 0. The maximum Gasteiger partial charge on any atom is 0.348 e. The van der Waals surface area contributed by atoms with Crippen molar-refractivity contribution in [2.24, 2.45) is 11.8 Å². The van der Waals surface area contributed by atoms with Crippen LogP contribution in [-0.4, -0.2) is 35.2 Å². The van der Waals surface area contributed by atoms with Crippen LogP contribution >= 0.6 is 0 Å². The van der Waals surface area contributed by atoms with Crippen LogP contribution in [0.3, 0.4) is 0 Å². The lowest BCUT2D eigenvalue weighted by atomic mass is 9.81. The second-order valence-electron chi connectivity index (χ2n) is 6.20. The van der Waals surface area contributed by atoms with Crippen LogP contribution in [0, 0.1) is 11.8 Å². The number of hydrogen-bond acceptors (Lipinski definition) is 5. The quantitative estimate of drug-likeness (QED) is 0.726. The highest BCUT2D eigenvalue weighted by Crippen LogP contribution is 2.31. The van der Waals surface area contributed by atoms with Gasteiger partial charge in [-0.25, -0.2) is 4.79 Å². The molecule has 2 atom stereocenters. The van der Waals surface area contributed by atoms with Gasteiger partial charge >= 0.3 is 17.9 Å². The van der Waals surface area contributed by atoms with Crippen molar-refractivity contribution in [1.29, 1.82) is 0 Å². The Morgan fingerprint density at radius 3 is 2.14 bits per heavy atom. The van der Waals surface area contributed by atoms with Crippen molar-refractivity contribution in [1.82, 2.24) is 0 Å². The maximum absolute atomic E-state index is 12.1. The smallest absolute Gasteiger partial charge is 0.348 e. The number of hydrogen-bond donors (Lipinski definition) is 1. The molecular formula is C16H26O6. The van der Waals surface area contributed by atoms with E-state index in [9.17, 15) is 19.5 Å². The Bertz CT molecular complexity index is 397. The number of rotatable bonds is 7. The molecule has 1 N–H and O–H groups in total. The molecular weight excluding hydrogens is 288 g/mol. The van der Waals surface area contributed by atoms with Crippen molar-refractivity contribution >= 4 is 17.9 Å². The molecule has 0 amide bonds. The van der Waals surface area contributed by atoms with E-state index in [2.05, 4.69) is 0 Å².